The number of carbonyl (C=O) groups excluding carboxylic acids is 1. The van der Waals surface area contributed by atoms with Crippen molar-refractivity contribution in [2.75, 3.05) is 20.1 Å². The summed E-state index contributed by atoms with van der Waals surface area (Å²) in [5, 5.41) is 0.230. The van der Waals surface area contributed by atoms with E-state index >= 15 is 0 Å². The second-order valence-corrected chi connectivity index (χ2v) is 8.57. The van der Waals surface area contributed by atoms with Crippen molar-refractivity contribution in [3.05, 3.63) is 52.6 Å². The summed E-state index contributed by atoms with van der Waals surface area (Å²) in [5.41, 5.74) is 0.333. The number of aromatic amines is 1. The maximum absolute atomic E-state index is 13.9. The molecule has 26 heavy (non-hydrogen) atoms. The van der Waals surface area contributed by atoms with Gasteiger partial charge in [0.15, 0.2) is 0 Å². The van der Waals surface area contributed by atoms with Crippen LogP contribution >= 0.6 is 11.6 Å². The van der Waals surface area contributed by atoms with Gasteiger partial charge in [-0.1, -0.05) is 17.7 Å². The second kappa shape index (κ2) is 7.38. The molecule has 1 aliphatic heterocycles. The Morgan fingerprint density at radius 1 is 1.35 bits per heavy atom. The Hall–Kier alpha value is -1.90. The molecule has 1 saturated heterocycles. The van der Waals surface area contributed by atoms with Crippen molar-refractivity contribution in [3.8, 4) is 0 Å². The maximum atomic E-state index is 13.9. The van der Waals surface area contributed by atoms with Crippen LogP contribution in [-0.2, 0) is 16.6 Å². The third kappa shape index (κ3) is 3.62. The van der Waals surface area contributed by atoms with Gasteiger partial charge in [0.2, 0.25) is 10.0 Å². The van der Waals surface area contributed by atoms with E-state index in [0.29, 0.717) is 13.1 Å². The van der Waals surface area contributed by atoms with Crippen molar-refractivity contribution in [2.45, 2.75) is 24.3 Å². The van der Waals surface area contributed by atoms with Crippen molar-refractivity contribution >= 4 is 27.5 Å². The quantitative estimate of drug-likeness (QED) is 0.840. The Morgan fingerprint density at radius 3 is 2.69 bits per heavy atom. The molecular weight excluding hydrogens is 381 g/mol. The standard InChI is InChI=1S/C17H19ClFN3O3S/c1-21(11-13-14(18)5-4-6-15(13)19)17(23)16-9-12(10-20-16)26(24,25)22-7-2-3-8-22/h4-6,9-10,20H,2-3,7-8,11H2,1H3. The number of sulfonamides is 1. The number of halogens is 2. The zero-order chi connectivity index (χ0) is 18.9. The van der Waals surface area contributed by atoms with Crippen LogP contribution in [-0.4, -0.2) is 48.7 Å². The topological polar surface area (TPSA) is 73.5 Å². The van der Waals surface area contributed by atoms with Gasteiger partial charge in [0.25, 0.3) is 5.91 Å². The minimum absolute atomic E-state index is 0.0302. The van der Waals surface area contributed by atoms with Crippen molar-refractivity contribution < 1.29 is 17.6 Å². The summed E-state index contributed by atoms with van der Waals surface area (Å²) < 4.78 is 40.4. The molecule has 2 heterocycles. The van der Waals surface area contributed by atoms with Crippen LogP contribution in [0.15, 0.2) is 35.4 Å². The van der Waals surface area contributed by atoms with Crippen LogP contribution in [0, 0.1) is 5.82 Å². The van der Waals surface area contributed by atoms with Gasteiger partial charge in [-0.25, -0.2) is 12.8 Å². The lowest BCUT2D eigenvalue weighted by atomic mass is 10.2. The van der Waals surface area contributed by atoms with Crippen LogP contribution in [0.4, 0.5) is 4.39 Å². The fourth-order valence-electron chi connectivity index (χ4n) is 2.92. The minimum Gasteiger partial charge on any atom is -0.356 e. The van der Waals surface area contributed by atoms with Crippen molar-refractivity contribution in [3.63, 3.8) is 0 Å². The molecule has 3 rings (SSSR count). The highest BCUT2D eigenvalue weighted by atomic mass is 35.5. The number of amides is 1. The van der Waals surface area contributed by atoms with Crippen molar-refractivity contribution in [1.82, 2.24) is 14.2 Å². The number of nitrogens with zero attached hydrogens (tertiary/aromatic N) is 2. The molecule has 0 saturated carbocycles. The fourth-order valence-corrected chi connectivity index (χ4v) is 4.66. The highest BCUT2D eigenvalue weighted by Crippen LogP contribution is 2.23. The first-order valence-electron chi connectivity index (χ1n) is 8.17. The average Bonchev–Trinajstić information content (AvgIpc) is 3.29. The van der Waals surface area contributed by atoms with E-state index in [1.165, 1.54) is 40.6 Å². The molecule has 0 aliphatic carbocycles. The Kier molecular flexibility index (Phi) is 5.36. The number of hydrogen-bond acceptors (Lipinski definition) is 3. The zero-order valence-corrected chi connectivity index (χ0v) is 15.8. The van der Waals surface area contributed by atoms with Gasteiger partial charge in [-0.3, -0.25) is 4.79 Å². The molecule has 0 bridgehead atoms. The van der Waals surface area contributed by atoms with E-state index in [0.717, 1.165) is 12.8 Å². The van der Waals surface area contributed by atoms with E-state index in [9.17, 15) is 17.6 Å². The summed E-state index contributed by atoms with van der Waals surface area (Å²) in [6.45, 7) is 0.947. The lowest BCUT2D eigenvalue weighted by Crippen LogP contribution is -2.28. The minimum atomic E-state index is -3.60. The van der Waals surface area contributed by atoms with Gasteiger partial charge >= 0.3 is 0 Å². The predicted molar refractivity (Wildman–Crippen MR) is 96.0 cm³/mol. The first-order valence-corrected chi connectivity index (χ1v) is 9.99. The van der Waals surface area contributed by atoms with Gasteiger partial charge in [-0.05, 0) is 31.0 Å². The molecule has 2 aromatic rings. The number of rotatable bonds is 5. The summed E-state index contributed by atoms with van der Waals surface area (Å²) in [6.07, 6.45) is 2.98. The van der Waals surface area contributed by atoms with Crippen LogP contribution < -0.4 is 0 Å². The van der Waals surface area contributed by atoms with Crippen LogP contribution in [0.5, 0.6) is 0 Å². The number of hydrogen-bond donors (Lipinski definition) is 1. The fraction of sp³-hybridized carbons (Fsp3) is 0.353. The van der Waals surface area contributed by atoms with E-state index < -0.39 is 21.7 Å². The second-order valence-electron chi connectivity index (χ2n) is 6.22. The molecule has 140 valence electrons. The van der Waals surface area contributed by atoms with Crippen LogP contribution in [0.3, 0.4) is 0 Å². The number of nitrogens with one attached hydrogen (secondary N) is 1. The van der Waals surface area contributed by atoms with E-state index in [2.05, 4.69) is 4.98 Å². The number of benzene rings is 1. The van der Waals surface area contributed by atoms with Crippen LogP contribution in [0.1, 0.15) is 28.9 Å². The molecule has 1 aromatic heterocycles. The SMILES string of the molecule is CN(Cc1c(F)cccc1Cl)C(=O)c1cc(S(=O)(=O)N2CCCC2)c[nH]1. The van der Waals surface area contributed by atoms with Gasteiger partial charge in [0.1, 0.15) is 16.4 Å². The van der Waals surface area contributed by atoms with Crippen molar-refractivity contribution in [1.29, 1.82) is 0 Å². The molecule has 6 nitrogen and oxygen atoms in total. The summed E-state index contributed by atoms with van der Waals surface area (Å²) in [6, 6.07) is 5.63. The summed E-state index contributed by atoms with van der Waals surface area (Å²) in [5.74, 6) is -0.951. The van der Waals surface area contributed by atoms with E-state index in [1.54, 1.807) is 6.07 Å². The first kappa shape index (κ1) is 18.9. The Labute approximate surface area is 156 Å². The molecular formula is C17H19ClFN3O3S. The summed E-state index contributed by atoms with van der Waals surface area (Å²) in [7, 11) is -2.10. The zero-order valence-electron chi connectivity index (χ0n) is 14.2. The molecule has 1 amide bonds. The number of aromatic nitrogens is 1. The number of H-pyrrole nitrogens is 1. The van der Waals surface area contributed by atoms with E-state index in [4.69, 9.17) is 11.6 Å². The Balaban J connectivity index is 1.77. The lowest BCUT2D eigenvalue weighted by molar-refractivity contribution is 0.0778. The van der Waals surface area contributed by atoms with Gasteiger partial charge in [-0.2, -0.15) is 4.31 Å². The van der Waals surface area contributed by atoms with Crippen LogP contribution in [0.25, 0.3) is 0 Å². The summed E-state index contributed by atoms with van der Waals surface area (Å²) in [4.78, 5) is 16.6. The molecule has 0 unspecified atom stereocenters. The van der Waals surface area contributed by atoms with Crippen LogP contribution in [0.2, 0.25) is 5.02 Å². The Morgan fingerprint density at radius 2 is 2.04 bits per heavy atom. The van der Waals surface area contributed by atoms with E-state index in [-0.39, 0.29) is 27.7 Å². The molecule has 0 spiro atoms. The molecule has 1 fully saturated rings. The van der Waals surface area contributed by atoms with Gasteiger partial charge < -0.3 is 9.88 Å². The lowest BCUT2D eigenvalue weighted by Gasteiger charge is -2.17. The molecule has 1 aliphatic rings. The maximum Gasteiger partial charge on any atom is 0.270 e. The van der Waals surface area contributed by atoms with Gasteiger partial charge in [0, 0.05) is 36.9 Å². The largest absolute Gasteiger partial charge is 0.356 e. The van der Waals surface area contributed by atoms with Gasteiger partial charge in [-0.15, -0.1) is 0 Å². The monoisotopic (exact) mass is 399 g/mol. The highest BCUT2D eigenvalue weighted by Gasteiger charge is 2.29. The van der Waals surface area contributed by atoms with E-state index in [1.807, 2.05) is 0 Å². The summed E-state index contributed by atoms with van der Waals surface area (Å²) >= 11 is 5.99. The Bertz CT molecular complexity index is 903. The smallest absolute Gasteiger partial charge is 0.270 e. The third-order valence-corrected chi connectivity index (χ3v) is 6.62. The normalized spacial score (nSPS) is 15.3. The average molecular weight is 400 g/mol. The van der Waals surface area contributed by atoms with Crippen molar-refractivity contribution in [2.24, 2.45) is 0 Å². The molecule has 1 N–H and O–H groups in total. The molecule has 1 aromatic carbocycles. The van der Waals surface area contributed by atoms with Gasteiger partial charge in [0.05, 0.1) is 6.54 Å². The molecule has 0 atom stereocenters. The molecule has 0 radical (unpaired) electrons. The highest BCUT2D eigenvalue weighted by molar-refractivity contribution is 7.89. The third-order valence-electron chi connectivity index (χ3n) is 4.39. The predicted octanol–water partition coefficient (Wildman–Crippen LogP) is 2.86. The first-order chi connectivity index (χ1) is 12.3. The number of carbonyl (C=O) groups is 1. The molecule has 9 heteroatoms.